The van der Waals surface area contributed by atoms with E-state index in [0.29, 0.717) is 48.3 Å². The number of rotatable bonds is 11. The van der Waals surface area contributed by atoms with Crippen LogP contribution in [0.25, 0.3) is 0 Å². The molecule has 2 aromatic carbocycles. The van der Waals surface area contributed by atoms with Gasteiger partial charge >= 0.3 is 5.97 Å². The molecule has 6 heteroatoms. The monoisotopic (exact) mass is 413 g/mol. The number of hydrogen-bond donors (Lipinski definition) is 1. The number of carbonyl (C=O) groups excluding carboxylic acids is 2. The second-order valence-electron chi connectivity index (χ2n) is 7.46. The molecule has 0 saturated carbocycles. The van der Waals surface area contributed by atoms with E-state index in [0.717, 1.165) is 18.4 Å². The molecule has 162 valence electrons. The Kier molecular flexibility index (Phi) is 9.35. The van der Waals surface area contributed by atoms with Gasteiger partial charge in [0.15, 0.2) is 0 Å². The molecular weight excluding hydrogens is 382 g/mol. The van der Waals surface area contributed by atoms with Gasteiger partial charge in [0, 0.05) is 23.4 Å². The molecule has 1 N–H and O–H groups in total. The molecule has 0 bridgehead atoms. The highest BCUT2D eigenvalue weighted by Crippen LogP contribution is 2.22. The molecule has 0 spiro atoms. The predicted molar refractivity (Wildman–Crippen MR) is 117 cm³/mol. The van der Waals surface area contributed by atoms with E-state index in [1.807, 2.05) is 6.92 Å². The maximum absolute atomic E-state index is 12.7. The zero-order chi connectivity index (χ0) is 21.9. The van der Waals surface area contributed by atoms with Crippen LogP contribution < -0.4 is 10.1 Å². The quantitative estimate of drug-likeness (QED) is 0.411. The van der Waals surface area contributed by atoms with Gasteiger partial charge in [0.05, 0.1) is 25.9 Å². The highest BCUT2D eigenvalue weighted by molar-refractivity contribution is 6.04. The lowest BCUT2D eigenvalue weighted by Gasteiger charge is -2.13. The van der Waals surface area contributed by atoms with Gasteiger partial charge in [-0.15, -0.1) is 0 Å². The number of benzene rings is 2. The van der Waals surface area contributed by atoms with Crippen molar-refractivity contribution >= 4 is 17.6 Å². The summed E-state index contributed by atoms with van der Waals surface area (Å²) < 4.78 is 16.3. The lowest BCUT2D eigenvalue weighted by atomic mass is 10.1. The van der Waals surface area contributed by atoms with E-state index in [-0.39, 0.29) is 11.9 Å². The minimum atomic E-state index is -0.359. The molecule has 0 aliphatic rings. The molecule has 0 heterocycles. The van der Waals surface area contributed by atoms with Crippen LogP contribution in [0.15, 0.2) is 42.5 Å². The summed E-state index contributed by atoms with van der Waals surface area (Å²) in [5.74, 6) is 0.499. The number of methoxy groups -OCH3 is 1. The number of carbonyl (C=O) groups is 2. The van der Waals surface area contributed by atoms with E-state index in [1.54, 1.807) is 49.6 Å². The Morgan fingerprint density at radius 2 is 1.73 bits per heavy atom. The van der Waals surface area contributed by atoms with E-state index in [2.05, 4.69) is 19.2 Å². The summed E-state index contributed by atoms with van der Waals surface area (Å²) in [5, 5.41) is 2.84. The molecule has 0 aromatic heterocycles. The Hall–Kier alpha value is -2.86. The molecule has 2 aromatic rings. The van der Waals surface area contributed by atoms with Crippen molar-refractivity contribution < 1.29 is 23.8 Å². The Labute approximate surface area is 178 Å². The minimum absolute atomic E-state index is 0.249. The Morgan fingerprint density at radius 3 is 2.37 bits per heavy atom. The van der Waals surface area contributed by atoms with Gasteiger partial charge in [-0.25, -0.2) is 4.79 Å². The summed E-state index contributed by atoms with van der Waals surface area (Å²) in [4.78, 5) is 24.6. The van der Waals surface area contributed by atoms with Crippen LogP contribution in [0.1, 0.15) is 59.9 Å². The third-order valence-electron chi connectivity index (χ3n) is 4.36. The molecule has 0 aliphatic heterocycles. The zero-order valence-electron chi connectivity index (χ0n) is 18.2. The van der Waals surface area contributed by atoms with Gasteiger partial charge in [0.25, 0.3) is 5.91 Å². The highest BCUT2D eigenvalue weighted by Gasteiger charge is 2.12. The molecule has 0 saturated heterocycles. The van der Waals surface area contributed by atoms with Gasteiger partial charge in [-0.1, -0.05) is 27.2 Å². The SMILES string of the molecule is CCCCOC(=O)c1ccc(NC(=O)c2ccc(OC)c(COCC(C)C)c2)cc1. The van der Waals surface area contributed by atoms with Crippen molar-refractivity contribution in [2.24, 2.45) is 5.92 Å². The summed E-state index contributed by atoms with van der Waals surface area (Å²) in [6.07, 6.45) is 1.81. The fourth-order valence-electron chi connectivity index (χ4n) is 2.72. The maximum Gasteiger partial charge on any atom is 0.338 e. The first kappa shape index (κ1) is 23.4. The third-order valence-corrected chi connectivity index (χ3v) is 4.36. The van der Waals surface area contributed by atoms with Crippen LogP contribution >= 0.6 is 0 Å². The molecule has 1 amide bonds. The maximum atomic E-state index is 12.7. The molecule has 0 fully saturated rings. The largest absolute Gasteiger partial charge is 0.496 e. The summed E-state index contributed by atoms with van der Waals surface area (Å²) >= 11 is 0. The van der Waals surface area contributed by atoms with Crippen molar-refractivity contribution in [3.8, 4) is 5.75 Å². The molecule has 2 rings (SSSR count). The highest BCUT2D eigenvalue weighted by atomic mass is 16.5. The summed E-state index contributed by atoms with van der Waals surface area (Å²) in [6.45, 7) is 7.61. The van der Waals surface area contributed by atoms with Crippen molar-refractivity contribution in [3.63, 3.8) is 0 Å². The molecule has 0 atom stereocenters. The van der Waals surface area contributed by atoms with Gasteiger partial charge < -0.3 is 19.5 Å². The minimum Gasteiger partial charge on any atom is -0.496 e. The van der Waals surface area contributed by atoms with Gasteiger partial charge in [-0.3, -0.25) is 4.79 Å². The average Bonchev–Trinajstić information content (AvgIpc) is 2.74. The topological polar surface area (TPSA) is 73.9 Å². The van der Waals surface area contributed by atoms with Gasteiger partial charge in [0.1, 0.15) is 5.75 Å². The van der Waals surface area contributed by atoms with Gasteiger partial charge in [-0.2, -0.15) is 0 Å². The van der Waals surface area contributed by atoms with Crippen LogP contribution in [0, 0.1) is 5.92 Å². The van der Waals surface area contributed by atoms with E-state index in [9.17, 15) is 9.59 Å². The number of esters is 1. The molecule has 0 radical (unpaired) electrons. The van der Waals surface area contributed by atoms with Crippen LogP contribution in [-0.2, 0) is 16.1 Å². The number of nitrogens with one attached hydrogen (secondary N) is 1. The first-order chi connectivity index (χ1) is 14.4. The van der Waals surface area contributed by atoms with E-state index in [1.165, 1.54) is 0 Å². The van der Waals surface area contributed by atoms with E-state index >= 15 is 0 Å². The Morgan fingerprint density at radius 1 is 1.03 bits per heavy atom. The Bertz CT molecular complexity index is 830. The van der Waals surface area contributed by atoms with Crippen molar-refractivity contribution in [3.05, 3.63) is 59.2 Å². The fraction of sp³-hybridized carbons (Fsp3) is 0.417. The summed E-state index contributed by atoms with van der Waals surface area (Å²) in [6, 6.07) is 11.9. The molecule has 6 nitrogen and oxygen atoms in total. The predicted octanol–water partition coefficient (Wildman–Crippen LogP) is 5.08. The lowest BCUT2D eigenvalue weighted by molar-refractivity contribution is 0.0499. The molecular formula is C24H31NO5. The van der Waals surface area contributed by atoms with Crippen molar-refractivity contribution in [1.82, 2.24) is 0 Å². The van der Waals surface area contributed by atoms with Crippen LogP contribution in [0.5, 0.6) is 5.75 Å². The first-order valence-corrected chi connectivity index (χ1v) is 10.3. The number of unbranched alkanes of at least 4 members (excludes halogenated alkanes) is 1. The second-order valence-corrected chi connectivity index (χ2v) is 7.46. The number of amides is 1. The summed E-state index contributed by atoms with van der Waals surface area (Å²) in [5.41, 5.74) is 2.37. The molecule has 0 aliphatic carbocycles. The zero-order valence-corrected chi connectivity index (χ0v) is 18.2. The number of hydrogen-bond acceptors (Lipinski definition) is 5. The smallest absolute Gasteiger partial charge is 0.338 e. The van der Waals surface area contributed by atoms with Crippen LogP contribution in [0.4, 0.5) is 5.69 Å². The van der Waals surface area contributed by atoms with Gasteiger partial charge in [-0.05, 0) is 54.8 Å². The van der Waals surface area contributed by atoms with E-state index in [4.69, 9.17) is 14.2 Å². The molecule has 30 heavy (non-hydrogen) atoms. The van der Waals surface area contributed by atoms with Gasteiger partial charge in [0.2, 0.25) is 0 Å². The fourth-order valence-corrected chi connectivity index (χ4v) is 2.72. The standard InChI is InChI=1S/C24H31NO5/c1-5-6-13-30-24(27)18-7-10-21(11-8-18)25-23(26)19-9-12-22(28-4)20(14-19)16-29-15-17(2)3/h7-12,14,17H,5-6,13,15-16H2,1-4H3,(H,25,26). The normalized spacial score (nSPS) is 10.7. The van der Waals surface area contributed by atoms with Crippen LogP contribution in [0.2, 0.25) is 0 Å². The van der Waals surface area contributed by atoms with Crippen molar-refractivity contribution in [2.45, 2.75) is 40.2 Å². The number of anilines is 1. The Balaban J connectivity index is 2.02. The third kappa shape index (κ3) is 7.19. The van der Waals surface area contributed by atoms with Crippen LogP contribution in [-0.4, -0.2) is 32.2 Å². The van der Waals surface area contributed by atoms with Crippen molar-refractivity contribution in [2.75, 3.05) is 25.6 Å². The second kappa shape index (κ2) is 12.0. The number of ether oxygens (including phenoxy) is 3. The first-order valence-electron chi connectivity index (χ1n) is 10.3. The van der Waals surface area contributed by atoms with E-state index < -0.39 is 0 Å². The molecule has 0 unspecified atom stereocenters. The van der Waals surface area contributed by atoms with Crippen LogP contribution in [0.3, 0.4) is 0 Å². The lowest BCUT2D eigenvalue weighted by Crippen LogP contribution is -2.13. The van der Waals surface area contributed by atoms with Crippen molar-refractivity contribution in [1.29, 1.82) is 0 Å². The average molecular weight is 414 g/mol. The summed E-state index contributed by atoms with van der Waals surface area (Å²) in [7, 11) is 1.59.